The molecule has 3 nitrogen and oxygen atoms in total. The first-order chi connectivity index (χ1) is 11.1. The molecule has 0 aliphatic heterocycles. The fourth-order valence-corrected chi connectivity index (χ4v) is 3.62. The van der Waals surface area contributed by atoms with E-state index in [0.717, 1.165) is 26.4 Å². The van der Waals surface area contributed by atoms with E-state index in [1.54, 1.807) is 12.3 Å². The average molecular weight is 408 g/mol. The Labute approximate surface area is 151 Å². The first-order valence-corrected chi connectivity index (χ1v) is 8.85. The maximum atomic E-state index is 12.3. The highest BCUT2D eigenvalue weighted by Gasteiger charge is 2.12. The van der Waals surface area contributed by atoms with E-state index in [9.17, 15) is 4.79 Å². The van der Waals surface area contributed by atoms with Crippen molar-refractivity contribution in [2.45, 2.75) is 6.42 Å². The summed E-state index contributed by atoms with van der Waals surface area (Å²) in [6.45, 7) is 0. The Bertz CT molecular complexity index is 850. The van der Waals surface area contributed by atoms with Crippen molar-refractivity contribution in [1.29, 1.82) is 0 Å². The highest BCUT2D eigenvalue weighted by Crippen LogP contribution is 2.24. The van der Waals surface area contributed by atoms with Gasteiger partial charge in [0.05, 0.1) is 5.56 Å². The van der Waals surface area contributed by atoms with E-state index in [-0.39, 0.29) is 5.91 Å². The lowest BCUT2D eigenvalue weighted by atomic mass is 10.1. The van der Waals surface area contributed by atoms with Crippen LogP contribution in [0.1, 0.15) is 20.8 Å². The van der Waals surface area contributed by atoms with Gasteiger partial charge in [0, 0.05) is 27.0 Å². The van der Waals surface area contributed by atoms with Crippen LogP contribution in [0.25, 0.3) is 0 Å². The van der Waals surface area contributed by atoms with Gasteiger partial charge in [0.25, 0.3) is 5.91 Å². The number of aromatic nitrogens is 1. The Morgan fingerprint density at radius 2 is 2.04 bits per heavy atom. The molecule has 0 saturated heterocycles. The topological polar surface area (TPSA) is 42.0 Å². The zero-order chi connectivity index (χ0) is 16.2. The van der Waals surface area contributed by atoms with E-state index < -0.39 is 0 Å². The fourth-order valence-electron chi connectivity index (χ4n) is 2.10. The molecule has 3 aromatic rings. The van der Waals surface area contributed by atoms with E-state index in [0.29, 0.717) is 10.7 Å². The minimum absolute atomic E-state index is 0.180. The molecule has 0 atom stereocenters. The van der Waals surface area contributed by atoms with Crippen molar-refractivity contribution in [2.24, 2.45) is 0 Å². The lowest BCUT2D eigenvalue weighted by molar-refractivity contribution is 0.102. The molecule has 2 aromatic carbocycles. The SMILES string of the molecule is O=C(Nc1ncc(Cc2cccc(Cl)c2)s1)c1ccccc1Br. The Kier molecular flexibility index (Phi) is 5.10. The molecule has 6 heteroatoms. The summed E-state index contributed by atoms with van der Waals surface area (Å²) in [7, 11) is 0. The molecule has 1 N–H and O–H groups in total. The molecule has 116 valence electrons. The summed E-state index contributed by atoms with van der Waals surface area (Å²) in [5.41, 5.74) is 1.70. The van der Waals surface area contributed by atoms with Gasteiger partial charge in [-0.15, -0.1) is 11.3 Å². The molecule has 3 rings (SSSR count). The molecule has 0 bridgehead atoms. The van der Waals surface area contributed by atoms with Gasteiger partial charge in [0.2, 0.25) is 0 Å². The van der Waals surface area contributed by atoms with Crippen molar-refractivity contribution in [1.82, 2.24) is 4.98 Å². The minimum Gasteiger partial charge on any atom is -0.298 e. The number of rotatable bonds is 4. The predicted octanol–water partition coefficient (Wildman–Crippen LogP) is 5.40. The van der Waals surface area contributed by atoms with Gasteiger partial charge in [-0.2, -0.15) is 0 Å². The van der Waals surface area contributed by atoms with Crippen LogP contribution in [0, 0.1) is 0 Å². The highest BCUT2D eigenvalue weighted by molar-refractivity contribution is 9.10. The number of thiazole rings is 1. The van der Waals surface area contributed by atoms with E-state index in [1.165, 1.54) is 11.3 Å². The maximum Gasteiger partial charge on any atom is 0.258 e. The van der Waals surface area contributed by atoms with Crippen molar-refractivity contribution in [2.75, 3.05) is 5.32 Å². The first-order valence-electron chi connectivity index (χ1n) is 6.87. The summed E-state index contributed by atoms with van der Waals surface area (Å²) in [6.07, 6.45) is 2.52. The smallest absolute Gasteiger partial charge is 0.258 e. The number of carbonyl (C=O) groups is 1. The summed E-state index contributed by atoms with van der Waals surface area (Å²) >= 11 is 10.8. The number of halogens is 2. The van der Waals surface area contributed by atoms with Gasteiger partial charge in [-0.05, 0) is 45.8 Å². The van der Waals surface area contributed by atoms with Crippen LogP contribution in [-0.4, -0.2) is 10.9 Å². The molecule has 0 unspecified atom stereocenters. The highest BCUT2D eigenvalue weighted by atomic mass is 79.9. The van der Waals surface area contributed by atoms with Crippen LogP contribution in [0.3, 0.4) is 0 Å². The third-order valence-electron chi connectivity index (χ3n) is 3.16. The van der Waals surface area contributed by atoms with Gasteiger partial charge in [-0.25, -0.2) is 4.98 Å². The summed E-state index contributed by atoms with van der Waals surface area (Å²) < 4.78 is 0.758. The number of carbonyl (C=O) groups excluding carboxylic acids is 1. The molecule has 23 heavy (non-hydrogen) atoms. The van der Waals surface area contributed by atoms with Crippen LogP contribution >= 0.6 is 38.9 Å². The standard InChI is InChI=1S/C17H12BrClN2OS/c18-15-7-2-1-6-14(15)16(22)21-17-20-10-13(23-17)9-11-4-3-5-12(19)8-11/h1-8,10H,9H2,(H,20,21,22). The Balaban J connectivity index is 1.70. The van der Waals surface area contributed by atoms with Gasteiger partial charge in [0.15, 0.2) is 5.13 Å². The second-order valence-electron chi connectivity index (χ2n) is 4.87. The summed E-state index contributed by atoms with van der Waals surface area (Å²) in [4.78, 5) is 17.6. The van der Waals surface area contributed by atoms with Gasteiger partial charge < -0.3 is 0 Å². The van der Waals surface area contributed by atoms with E-state index in [1.807, 2.05) is 42.5 Å². The zero-order valence-electron chi connectivity index (χ0n) is 11.9. The Morgan fingerprint density at radius 1 is 1.22 bits per heavy atom. The van der Waals surface area contributed by atoms with Gasteiger partial charge >= 0.3 is 0 Å². The van der Waals surface area contributed by atoms with Crippen LogP contribution in [0.2, 0.25) is 5.02 Å². The summed E-state index contributed by atoms with van der Waals surface area (Å²) in [6, 6.07) is 15.0. The molecule has 0 spiro atoms. The van der Waals surface area contributed by atoms with Crippen molar-refractivity contribution in [3.63, 3.8) is 0 Å². The number of amides is 1. The van der Waals surface area contributed by atoms with E-state index >= 15 is 0 Å². The molecule has 1 heterocycles. The molecule has 0 saturated carbocycles. The molecule has 0 radical (unpaired) electrons. The number of hydrogen-bond acceptors (Lipinski definition) is 3. The molecule has 1 aromatic heterocycles. The second kappa shape index (κ2) is 7.25. The largest absolute Gasteiger partial charge is 0.298 e. The molecule has 0 aliphatic carbocycles. The third kappa shape index (κ3) is 4.19. The van der Waals surface area contributed by atoms with Crippen molar-refractivity contribution in [3.05, 3.63) is 80.2 Å². The number of nitrogens with one attached hydrogen (secondary N) is 1. The fraction of sp³-hybridized carbons (Fsp3) is 0.0588. The van der Waals surface area contributed by atoms with E-state index in [4.69, 9.17) is 11.6 Å². The summed E-state index contributed by atoms with van der Waals surface area (Å²) in [5.74, 6) is -0.180. The monoisotopic (exact) mass is 406 g/mol. The predicted molar refractivity (Wildman–Crippen MR) is 98.5 cm³/mol. The molecule has 0 aliphatic rings. The second-order valence-corrected chi connectivity index (χ2v) is 7.28. The number of anilines is 1. The average Bonchev–Trinajstić information content (AvgIpc) is 2.94. The maximum absolute atomic E-state index is 12.3. The molecule has 1 amide bonds. The zero-order valence-corrected chi connectivity index (χ0v) is 15.1. The first kappa shape index (κ1) is 16.2. The number of hydrogen-bond donors (Lipinski definition) is 1. The van der Waals surface area contributed by atoms with Gasteiger partial charge in [0.1, 0.15) is 0 Å². The van der Waals surface area contributed by atoms with Gasteiger partial charge in [-0.1, -0.05) is 35.9 Å². The normalized spacial score (nSPS) is 10.5. The Hall–Kier alpha value is -1.69. The van der Waals surface area contributed by atoms with Crippen molar-refractivity contribution in [3.8, 4) is 0 Å². The minimum atomic E-state index is -0.180. The lowest BCUT2D eigenvalue weighted by Crippen LogP contribution is -2.12. The summed E-state index contributed by atoms with van der Waals surface area (Å²) in [5, 5.41) is 4.13. The molecule has 0 fully saturated rings. The quantitative estimate of drug-likeness (QED) is 0.629. The lowest BCUT2D eigenvalue weighted by Gasteiger charge is -2.03. The van der Waals surface area contributed by atoms with Crippen LogP contribution in [0.15, 0.2) is 59.2 Å². The number of benzene rings is 2. The van der Waals surface area contributed by atoms with Crippen LogP contribution < -0.4 is 5.32 Å². The number of nitrogens with zero attached hydrogens (tertiary/aromatic N) is 1. The molecular formula is C17H12BrClN2OS. The Morgan fingerprint density at radius 3 is 2.83 bits per heavy atom. The van der Waals surface area contributed by atoms with Gasteiger partial charge in [-0.3, -0.25) is 10.1 Å². The van der Waals surface area contributed by atoms with E-state index in [2.05, 4.69) is 26.2 Å². The van der Waals surface area contributed by atoms with Crippen LogP contribution in [0.4, 0.5) is 5.13 Å². The van der Waals surface area contributed by atoms with Crippen molar-refractivity contribution < 1.29 is 4.79 Å². The van der Waals surface area contributed by atoms with Crippen LogP contribution in [-0.2, 0) is 6.42 Å². The van der Waals surface area contributed by atoms with Crippen molar-refractivity contribution >= 4 is 49.9 Å². The van der Waals surface area contributed by atoms with Crippen LogP contribution in [0.5, 0.6) is 0 Å². The molecular weight excluding hydrogens is 396 g/mol. The third-order valence-corrected chi connectivity index (χ3v) is 5.00.